The maximum absolute atomic E-state index is 4.25. The lowest BCUT2D eigenvalue weighted by molar-refractivity contribution is 0.595. The smallest absolute Gasteiger partial charge is 0.141 e. The highest BCUT2D eigenvalue weighted by Crippen LogP contribution is 2.11. The molecule has 0 fully saturated rings. The maximum Gasteiger partial charge on any atom is 0.141 e. The highest BCUT2D eigenvalue weighted by Gasteiger charge is 2.04. The summed E-state index contributed by atoms with van der Waals surface area (Å²) < 4.78 is 3.01. The Kier molecular flexibility index (Phi) is 4.28. The Morgan fingerprint density at radius 3 is 2.76 bits per heavy atom. The molecule has 1 aromatic carbocycles. The molecule has 0 radical (unpaired) electrons. The molecule has 0 aliphatic rings. The van der Waals surface area contributed by atoms with E-state index in [1.807, 2.05) is 16.8 Å². The summed E-state index contributed by atoms with van der Waals surface area (Å²) in [6.07, 6.45) is 1.60. The fraction of sp³-hybridized carbons (Fsp3) is 0.333. The van der Waals surface area contributed by atoms with Crippen LogP contribution in [0.25, 0.3) is 0 Å². The van der Waals surface area contributed by atoms with Gasteiger partial charge in [-0.25, -0.2) is 9.67 Å². The molecule has 0 saturated heterocycles. The van der Waals surface area contributed by atoms with Gasteiger partial charge in [0.1, 0.15) is 12.2 Å². The van der Waals surface area contributed by atoms with Gasteiger partial charge in [0.15, 0.2) is 0 Å². The molecular weight excluding hydrogens is 280 g/mol. The van der Waals surface area contributed by atoms with Gasteiger partial charge in [-0.3, -0.25) is 0 Å². The summed E-state index contributed by atoms with van der Waals surface area (Å²) in [5.74, 6) is 0.967. The second-order valence-electron chi connectivity index (χ2n) is 3.74. The number of benzene rings is 1. The first kappa shape index (κ1) is 12.3. The number of halogens is 1. The molecule has 0 aliphatic carbocycles. The molecule has 4 nitrogen and oxygen atoms in total. The van der Waals surface area contributed by atoms with Gasteiger partial charge in [0.05, 0.1) is 13.1 Å². The molecule has 2 aromatic rings. The zero-order chi connectivity index (χ0) is 12.1. The van der Waals surface area contributed by atoms with E-state index in [-0.39, 0.29) is 0 Å². The fourth-order valence-corrected chi connectivity index (χ4v) is 1.82. The molecule has 0 saturated carbocycles. The maximum atomic E-state index is 4.25. The third-order valence-electron chi connectivity index (χ3n) is 2.47. The van der Waals surface area contributed by atoms with Crippen LogP contribution < -0.4 is 5.32 Å². The molecule has 0 spiro atoms. The Hall–Kier alpha value is -1.20. The van der Waals surface area contributed by atoms with E-state index in [2.05, 4.69) is 50.4 Å². The molecule has 1 N–H and O–H groups in total. The van der Waals surface area contributed by atoms with Crippen LogP contribution in [0.4, 0.5) is 0 Å². The quantitative estimate of drug-likeness (QED) is 0.919. The van der Waals surface area contributed by atoms with Crippen molar-refractivity contribution in [2.75, 3.05) is 6.54 Å². The molecule has 0 atom stereocenters. The van der Waals surface area contributed by atoms with Gasteiger partial charge in [0.25, 0.3) is 0 Å². The highest BCUT2D eigenvalue weighted by atomic mass is 79.9. The summed E-state index contributed by atoms with van der Waals surface area (Å²) in [4.78, 5) is 4.25. The molecule has 0 amide bonds. The van der Waals surface area contributed by atoms with E-state index in [4.69, 9.17) is 0 Å². The van der Waals surface area contributed by atoms with Crippen LogP contribution in [-0.4, -0.2) is 21.3 Å². The third-order valence-corrected chi connectivity index (χ3v) is 3.00. The van der Waals surface area contributed by atoms with Crippen molar-refractivity contribution in [3.8, 4) is 0 Å². The van der Waals surface area contributed by atoms with Crippen LogP contribution in [-0.2, 0) is 13.1 Å². The second-order valence-corrected chi connectivity index (χ2v) is 4.66. The van der Waals surface area contributed by atoms with E-state index in [0.717, 1.165) is 29.9 Å². The van der Waals surface area contributed by atoms with E-state index in [0.29, 0.717) is 0 Å². The lowest BCUT2D eigenvalue weighted by Gasteiger charge is -2.06. The van der Waals surface area contributed by atoms with Crippen LogP contribution in [0.2, 0.25) is 0 Å². The van der Waals surface area contributed by atoms with Crippen LogP contribution >= 0.6 is 15.9 Å². The summed E-state index contributed by atoms with van der Waals surface area (Å²) in [5, 5.41) is 7.50. The van der Waals surface area contributed by atoms with Gasteiger partial charge < -0.3 is 5.32 Å². The van der Waals surface area contributed by atoms with Crippen LogP contribution in [0.1, 0.15) is 18.3 Å². The minimum Gasteiger partial charge on any atom is -0.310 e. The molecule has 0 unspecified atom stereocenters. The standard InChI is InChI=1S/C12H15BrN4/c1-2-14-7-12-15-9-16-17(12)8-10-3-5-11(13)6-4-10/h3-6,9,14H,2,7-8H2,1H3. The summed E-state index contributed by atoms with van der Waals surface area (Å²) in [5.41, 5.74) is 1.22. The van der Waals surface area contributed by atoms with Gasteiger partial charge in [-0.1, -0.05) is 35.0 Å². The van der Waals surface area contributed by atoms with E-state index < -0.39 is 0 Å². The Balaban J connectivity index is 2.07. The van der Waals surface area contributed by atoms with Gasteiger partial charge in [-0.05, 0) is 24.2 Å². The van der Waals surface area contributed by atoms with Crippen LogP contribution in [0.3, 0.4) is 0 Å². The molecule has 1 heterocycles. The van der Waals surface area contributed by atoms with Gasteiger partial charge in [-0.15, -0.1) is 0 Å². The predicted molar refractivity (Wildman–Crippen MR) is 70.6 cm³/mol. The van der Waals surface area contributed by atoms with Crippen LogP contribution in [0.5, 0.6) is 0 Å². The van der Waals surface area contributed by atoms with Crippen molar-refractivity contribution in [2.45, 2.75) is 20.0 Å². The van der Waals surface area contributed by atoms with E-state index in [9.17, 15) is 0 Å². The highest BCUT2D eigenvalue weighted by molar-refractivity contribution is 9.10. The first-order valence-electron chi connectivity index (χ1n) is 5.61. The minimum atomic E-state index is 0.757. The number of rotatable bonds is 5. The fourth-order valence-electron chi connectivity index (χ4n) is 1.56. The van der Waals surface area contributed by atoms with Gasteiger partial charge in [0.2, 0.25) is 0 Å². The Labute approximate surface area is 109 Å². The molecule has 2 rings (SSSR count). The van der Waals surface area contributed by atoms with Crippen LogP contribution in [0, 0.1) is 0 Å². The number of hydrogen-bond acceptors (Lipinski definition) is 3. The van der Waals surface area contributed by atoms with Crippen molar-refractivity contribution in [3.05, 3.63) is 46.5 Å². The van der Waals surface area contributed by atoms with Crippen molar-refractivity contribution in [1.29, 1.82) is 0 Å². The SMILES string of the molecule is CCNCc1ncnn1Cc1ccc(Br)cc1. The monoisotopic (exact) mass is 294 g/mol. The molecule has 5 heteroatoms. The van der Waals surface area contributed by atoms with Crippen LogP contribution in [0.15, 0.2) is 35.1 Å². The Bertz CT molecular complexity index is 464. The molecule has 0 aliphatic heterocycles. The van der Waals surface area contributed by atoms with Gasteiger partial charge in [-0.2, -0.15) is 5.10 Å². The van der Waals surface area contributed by atoms with Crippen molar-refractivity contribution >= 4 is 15.9 Å². The molecule has 1 aromatic heterocycles. The number of aromatic nitrogens is 3. The van der Waals surface area contributed by atoms with Gasteiger partial charge >= 0.3 is 0 Å². The number of nitrogens with one attached hydrogen (secondary N) is 1. The normalized spacial score (nSPS) is 10.7. The summed E-state index contributed by atoms with van der Waals surface area (Å²) >= 11 is 3.43. The van der Waals surface area contributed by atoms with Crippen molar-refractivity contribution in [3.63, 3.8) is 0 Å². The Morgan fingerprint density at radius 2 is 2.06 bits per heavy atom. The third kappa shape index (κ3) is 3.38. The van der Waals surface area contributed by atoms with E-state index in [1.54, 1.807) is 6.33 Å². The summed E-state index contributed by atoms with van der Waals surface area (Å²) in [7, 11) is 0. The summed E-state index contributed by atoms with van der Waals surface area (Å²) in [6, 6.07) is 8.25. The first-order chi connectivity index (χ1) is 8.29. The minimum absolute atomic E-state index is 0.757. The zero-order valence-corrected chi connectivity index (χ0v) is 11.3. The lowest BCUT2D eigenvalue weighted by Crippen LogP contribution is -2.17. The zero-order valence-electron chi connectivity index (χ0n) is 9.73. The topological polar surface area (TPSA) is 42.7 Å². The number of nitrogens with zero attached hydrogens (tertiary/aromatic N) is 3. The van der Waals surface area contributed by atoms with Crippen molar-refractivity contribution in [2.24, 2.45) is 0 Å². The molecule has 17 heavy (non-hydrogen) atoms. The average molecular weight is 295 g/mol. The lowest BCUT2D eigenvalue weighted by atomic mass is 10.2. The molecule has 0 bridgehead atoms. The molecule has 90 valence electrons. The Morgan fingerprint density at radius 1 is 1.29 bits per heavy atom. The number of hydrogen-bond donors (Lipinski definition) is 1. The van der Waals surface area contributed by atoms with Crippen molar-refractivity contribution in [1.82, 2.24) is 20.1 Å². The summed E-state index contributed by atoms with van der Waals surface area (Å²) in [6.45, 7) is 4.53. The average Bonchev–Trinajstić information content (AvgIpc) is 2.77. The van der Waals surface area contributed by atoms with Crippen molar-refractivity contribution < 1.29 is 0 Å². The largest absolute Gasteiger partial charge is 0.310 e. The predicted octanol–water partition coefficient (Wildman–Crippen LogP) is 2.20. The first-order valence-corrected chi connectivity index (χ1v) is 6.40. The van der Waals surface area contributed by atoms with E-state index >= 15 is 0 Å². The van der Waals surface area contributed by atoms with Gasteiger partial charge in [0, 0.05) is 4.47 Å². The van der Waals surface area contributed by atoms with E-state index in [1.165, 1.54) is 5.56 Å². The molecular formula is C12H15BrN4. The second kappa shape index (κ2) is 5.93.